The third-order valence-corrected chi connectivity index (χ3v) is 6.72. The van der Waals surface area contributed by atoms with Crippen LogP contribution >= 0.6 is 11.3 Å². The highest BCUT2D eigenvalue weighted by Crippen LogP contribution is 2.34. The van der Waals surface area contributed by atoms with Crippen LogP contribution in [-0.2, 0) is 4.79 Å². The number of hydrogen-bond acceptors (Lipinski definition) is 7. The maximum atomic E-state index is 13.7. The molecule has 37 heavy (non-hydrogen) atoms. The lowest BCUT2D eigenvalue weighted by atomic mass is 10.1. The van der Waals surface area contributed by atoms with E-state index < -0.39 is 0 Å². The molecule has 0 bridgehead atoms. The smallest absolute Gasteiger partial charge is 0.224 e. The molecule has 0 aliphatic heterocycles. The molecule has 0 fully saturated rings. The van der Waals surface area contributed by atoms with Gasteiger partial charge in [-0.25, -0.2) is 9.97 Å². The van der Waals surface area contributed by atoms with Crippen LogP contribution in [0.5, 0.6) is 0 Å². The number of H-pyrrole nitrogens is 2. The molecule has 0 unspecified atom stereocenters. The maximum absolute atomic E-state index is 13.7. The molecule has 6 aromatic heterocycles. The first-order valence-electron chi connectivity index (χ1n) is 11.6. The number of fused-ring (bicyclic) bond motifs is 2. The van der Waals surface area contributed by atoms with E-state index in [0.29, 0.717) is 40.5 Å². The van der Waals surface area contributed by atoms with Crippen molar-refractivity contribution in [1.29, 1.82) is 0 Å². The van der Waals surface area contributed by atoms with Crippen LogP contribution in [0.3, 0.4) is 0 Å². The predicted octanol–water partition coefficient (Wildman–Crippen LogP) is 5.81. The molecule has 0 aliphatic rings. The van der Waals surface area contributed by atoms with Gasteiger partial charge in [0, 0.05) is 40.2 Å². The first-order valence-corrected chi connectivity index (χ1v) is 12.5. The van der Waals surface area contributed by atoms with Crippen molar-refractivity contribution in [3.63, 3.8) is 0 Å². The first kappa shape index (κ1) is 22.9. The fourth-order valence-corrected chi connectivity index (χ4v) is 4.94. The van der Waals surface area contributed by atoms with Crippen molar-refractivity contribution < 1.29 is 9.18 Å². The molecule has 184 valence electrons. The van der Waals surface area contributed by atoms with E-state index in [0.717, 1.165) is 38.2 Å². The van der Waals surface area contributed by atoms with Crippen molar-refractivity contribution in [2.75, 3.05) is 5.32 Å². The first-order chi connectivity index (χ1) is 17.9. The lowest BCUT2D eigenvalue weighted by molar-refractivity contribution is -0.116. The molecule has 6 heterocycles. The summed E-state index contributed by atoms with van der Waals surface area (Å²) in [6.45, 7) is 3.99. The zero-order valence-electron chi connectivity index (χ0n) is 19.9. The van der Waals surface area contributed by atoms with Crippen LogP contribution in [0.4, 0.5) is 10.1 Å². The van der Waals surface area contributed by atoms with Gasteiger partial charge in [0.25, 0.3) is 0 Å². The molecule has 9 nitrogen and oxygen atoms in total. The number of imidazole rings is 1. The van der Waals surface area contributed by atoms with Gasteiger partial charge < -0.3 is 10.3 Å². The number of carbonyl (C=O) groups is 1. The highest BCUT2D eigenvalue weighted by Gasteiger charge is 2.17. The number of halogens is 1. The summed E-state index contributed by atoms with van der Waals surface area (Å²) in [6.07, 6.45) is 7.10. The van der Waals surface area contributed by atoms with Gasteiger partial charge in [0.1, 0.15) is 5.69 Å². The molecule has 0 aliphatic carbocycles. The van der Waals surface area contributed by atoms with E-state index >= 15 is 0 Å². The Kier molecular flexibility index (Phi) is 5.68. The lowest BCUT2D eigenvalue weighted by Gasteiger charge is -2.08. The normalized spacial score (nSPS) is 11.6. The second kappa shape index (κ2) is 9.17. The third-order valence-electron chi connectivity index (χ3n) is 5.81. The molecule has 0 atom stereocenters. The van der Waals surface area contributed by atoms with Crippen LogP contribution in [-0.4, -0.2) is 41.0 Å². The summed E-state index contributed by atoms with van der Waals surface area (Å²) in [5, 5.41) is 10.9. The predicted molar refractivity (Wildman–Crippen MR) is 141 cm³/mol. The standard InChI is InChI=1S/C26H21FN8OS/c1-13(2)7-22(36)31-15-8-14(10-28-11-15)18-9-17-19(12-30-18)34-35-24(17)26-32-23-16(5-6-29-25(23)33-26)20-3-4-21(27)37-20/h3-6,8-13H,7H2,1-2H3,(H,31,36)(H,34,35)(H,29,32,33). The summed E-state index contributed by atoms with van der Waals surface area (Å²) >= 11 is 1.07. The van der Waals surface area contributed by atoms with E-state index in [1.54, 1.807) is 30.9 Å². The molecule has 0 radical (unpaired) electrons. The monoisotopic (exact) mass is 512 g/mol. The number of pyridine rings is 3. The summed E-state index contributed by atoms with van der Waals surface area (Å²) in [5.41, 5.74) is 5.42. The van der Waals surface area contributed by atoms with Crippen molar-refractivity contribution in [2.45, 2.75) is 20.3 Å². The second-order valence-corrected chi connectivity index (χ2v) is 10.1. The molecule has 11 heteroatoms. The molecular weight excluding hydrogens is 491 g/mol. The number of aromatic amines is 2. The van der Waals surface area contributed by atoms with E-state index in [1.807, 2.05) is 32.0 Å². The minimum Gasteiger partial charge on any atom is -0.335 e. The SMILES string of the molecule is CC(C)CC(=O)Nc1cncc(-c2cc3c(-c4nc5nccc(-c6ccc(F)s6)c5[nH]4)n[nH]c3cn2)c1. The van der Waals surface area contributed by atoms with Gasteiger partial charge in [-0.3, -0.25) is 19.9 Å². The van der Waals surface area contributed by atoms with Crippen LogP contribution in [0, 0.1) is 11.0 Å². The molecule has 6 aromatic rings. The van der Waals surface area contributed by atoms with Crippen LogP contribution in [0.2, 0.25) is 0 Å². The van der Waals surface area contributed by atoms with Crippen molar-refractivity contribution >= 4 is 45.0 Å². The Labute approximate surface area is 214 Å². The number of hydrogen-bond donors (Lipinski definition) is 3. The van der Waals surface area contributed by atoms with E-state index in [2.05, 4.69) is 40.4 Å². The van der Waals surface area contributed by atoms with Crippen molar-refractivity contribution in [2.24, 2.45) is 5.92 Å². The summed E-state index contributed by atoms with van der Waals surface area (Å²) in [5.74, 6) is 0.733. The van der Waals surface area contributed by atoms with Gasteiger partial charge in [0.05, 0.1) is 34.8 Å². The molecule has 3 N–H and O–H groups in total. The molecule has 0 saturated heterocycles. The average molecular weight is 513 g/mol. The van der Waals surface area contributed by atoms with Gasteiger partial charge in [-0.15, -0.1) is 11.3 Å². The van der Waals surface area contributed by atoms with E-state index in [4.69, 9.17) is 0 Å². The molecular formula is C26H21FN8OS. The highest BCUT2D eigenvalue weighted by molar-refractivity contribution is 7.14. The van der Waals surface area contributed by atoms with Gasteiger partial charge in [0.2, 0.25) is 5.91 Å². The third kappa shape index (κ3) is 4.45. The molecule has 0 spiro atoms. The topological polar surface area (TPSA) is 125 Å². The van der Waals surface area contributed by atoms with Crippen LogP contribution in [0.25, 0.3) is 55.3 Å². The average Bonchev–Trinajstić information content (AvgIpc) is 3.60. The largest absolute Gasteiger partial charge is 0.335 e. The summed E-state index contributed by atoms with van der Waals surface area (Å²) in [6, 6.07) is 8.77. The van der Waals surface area contributed by atoms with Gasteiger partial charge in [-0.1, -0.05) is 13.8 Å². The van der Waals surface area contributed by atoms with Gasteiger partial charge in [0.15, 0.2) is 16.6 Å². The summed E-state index contributed by atoms with van der Waals surface area (Å²) in [7, 11) is 0. The van der Waals surface area contributed by atoms with E-state index in [1.165, 1.54) is 6.07 Å². The number of anilines is 1. The van der Waals surface area contributed by atoms with Crippen molar-refractivity contribution in [3.05, 3.63) is 60.3 Å². The van der Waals surface area contributed by atoms with Crippen LogP contribution in [0.1, 0.15) is 20.3 Å². The maximum Gasteiger partial charge on any atom is 0.224 e. The number of aromatic nitrogens is 7. The number of nitrogens with one attached hydrogen (secondary N) is 3. The quantitative estimate of drug-likeness (QED) is 0.259. The fourth-order valence-electron chi connectivity index (χ4n) is 4.17. The van der Waals surface area contributed by atoms with Gasteiger partial charge in [-0.05, 0) is 36.2 Å². The Balaban J connectivity index is 1.38. The Bertz CT molecular complexity index is 1770. The van der Waals surface area contributed by atoms with Crippen molar-refractivity contribution in [1.82, 2.24) is 35.1 Å². The number of carbonyl (C=O) groups excluding carboxylic acids is 1. The Hall–Kier alpha value is -4.51. The van der Waals surface area contributed by atoms with Crippen molar-refractivity contribution in [3.8, 4) is 33.2 Å². The van der Waals surface area contributed by atoms with Gasteiger partial charge in [-0.2, -0.15) is 9.49 Å². The van der Waals surface area contributed by atoms with Crippen LogP contribution in [0.15, 0.2) is 55.1 Å². The summed E-state index contributed by atoms with van der Waals surface area (Å²) in [4.78, 5) is 34.2. The zero-order valence-corrected chi connectivity index (χ0v) is 20.7. The summed E-state index contributed by atoms with van der Waals surface area (Å²) < 4.78 is 13.7. The second-order valence-electron chi connectivity index (χ2n) is 9.04. The molecule has 0 saturated carbocycles. The number of thiophene rings is 1. The Morgan fingerprint density at radius 3 is 2.84 bits per heavy atom. The Morgan fingerprint density at radius 2 is 2.03 bits per heavy atom. The molecule has 0 aromatic carbocycles. The lowest BCUT2D eigenvalue weighted by Crippen LogP contribution is -2.13. The van der Waals surface area contributed by atoms with Crippen LogP contribution < -0.4 is 5.32 Å². The minimum atomic E-state index is -0.254. The fraction of sp³-hybridized carbons (Fsp3) is 0.154. The number of nitrogens with zero attached hydrogens (tertiary/aromatic N) is 5. The Morgan fingerprint density at radius 1 is 1.14 bits per heavy atom. The minimum absolute atomic E-state index is 0.0577. The number of rotatable bonds is 6. The van der Waals surface area contributed by atoms with E-state index in [9.17, 15) is 9.18 Å². The number of amides is 1. The molecule has 1 amide bonds. The highest BCUT2D eigenvalue weighted by atomic mass is 32.1. The van der Waals surface area contributed by atoms with Gasteiger partial charge >= 0.3 is 0 Å². The van der Waals surface area contributed by atoms with E-state index in [-0.39, 0.29) is 17.0 Å². The molecule has 6 rings (SSSR count). The zero-order chi connectivity index (χ0) is 25.5.